The molecule has 2 aromatic carbocycles. The highest BCUT2D eigenvalue weighted by Gasteiger charge is 2.08. The lowest BCUT2D eigenvalue weighted by atomic mass is 10.1. The molecule has 0 N–H and O–H groups in total. The number of ketones is 1. The van der Waals surface area contributed by atoms with E-state index in [2.05, 4.69) is 6.92 Å². The van der Waals surface area contributed by atoms with Crippen molar-refractivity contribution in [3.05, 3.63) is 64.7 Å². The molecule has 2 aromatic rings. The molecule has 0 saturated carbocycles. The van der Waals surface area contributed by atoms with Crippen LogP contribution in [-0.4, -0.2) is 12.4 Å². The maximum absolute atomic E-state index is 12.0. The summed E-state index contributed by atoms with van der Waals surface area (Å²) in [6.07, 6.45) is 0.880. The van der Waals surface area contributed by atoms with Crippen LogP contribution in [0.15, 0.2) is 48.5 Å². The molecule has 3 heteroatoms. The summed E-state index contributed by atoms with van der Waals surface area (Å²) in [5.41, 5.74) is 1.71. The van der Waals surface area contributed by atoms with Gasteiger partial charge in [-0.3, -0.25) is 4.79 Å². The van der Waals surface area contributed by atoms with E-state index >= 15 is 0 Å². The van der Waals surface area contributed by atoms with Gasteiger partial charge in [0.25, 0.3) is 0 Å². The number of benzene rings is 2. The summed E-state index contributed by atoms with van der Waals surface area (Å²) >= 11 is 5.79. The molecule has 0 heterocycles. The van der Waals surface area contributed by atoms with Gasteiger partial charge in [0.15, 0.2) is 12.4 Å². The molecule has 0 aliphatic carbocycles. The molecule has 98 valence electrons. The summed E-state index contributed by atoms with van der Waals surface area (Å²) < 4.78 is 5.59. The fourth-order valence-corrected chi connectivity index (χ4v) is 1.93. The summed E-state index contributed by atoms with van der Waals surface area (Å²) in [5, 5.41) is 0.619. The zero-order valence-corrected chi connectivity index (χ0v) is 11.5. The van der Waals surface area contributed by atoms with Crippen molar-refractivity contribution in [3.63, 3.8) is 0 Å². The fourth-order valence-electron chi connectivity index (χ4n) is 1.80. The lowest BCUT2D eigenvalue weighted by Crippen LogP contribution is -2.12. The van der Waals surface area contributed by atoms with Crippen LogP contribution < -0.4 is 4.74 Å². The SMILES string of the molecule is CCc1ccccc1OCC(=O)c1ccc(Cl)cc1. The number of carbonyl (C=O) groups excluding carboxylic acids is 1. The largest absolute Gasteiger partial charge is 0.485 e. The zero-order valence-electron chi connectivity index (χ0n) is 10.7. The predicted molar refractivity (Wildman–Crippen MR) is 77.1 cm³/mol. The van der Waals surface area contributed by atoms with Gasteiger partial charge in [-0.05, 0) is 42.3 Å². The van der Waals surface area contributed by atoms with Crippen molar-refractivity contribution in [3.8, 4) is 5.75 Å². The smallest absolute Gasteiger partial charge is 0.200 e. The van der Waals surface area contributed by atoms with Gasteiger partial charge in [-0.25, -0.2) is 0 Å². The minimum absolute atomic E-state index is 0.0403. The normalized spacial score (nSPS) is 10.2. The third-order valence-electron chi connectivity index (χ3n) is 2.88. The van der Waals surface area contributed by atoms with E-state index in [-0.39, 0.29) is 12.4 Å². The van der Waals surface area contributed by atoms with Crippen LogP contribution in [0.3, 0.4) is 0 Å². The van der Waals surface area contributed by atoms with Gasteiger partial charge in [-0.1, -0.05) is 36.7 Å². The van der Waals surface area contributed by atoms with Crippen molar-refractivity contribution in [2.75, 3.05) is 6.61 Å². The molecule has 0 aliphatic heterocycles. The number of Topliss-reactive ketones (excluding diaryl/α,β-unsaturated/α-hetero) is 1. The van der Waals surface area contributed by atoms with Crippen LogP contribution in [0.2, 0.25) is 5.02 Å². The molecule has 0 aliphatic rings. The van der Waals surface area contributed by atoms with Gasteiger partial charge in [-0.2, -0.15) is 0 Å². The van der Waals surface area contributed by atoms with Gasteiger partial charge < -0.3 is 4.74 Å². The number of hydrogen-bond acceptors (Lipinski definition) is 2. The van der Waals surface area contributed by atoms with Crippen molar-refractivity contribution >= 4 is 17.4 Å². The van der Waals surface area contributed by atoms with E-state index < -0.39 is 0 Å². The van der Waals surface area contributed by atoms with E-state index in [0.717, 1.165) is 17.7 Å². The summed E-state index contributed by atoms with van der Waals surface area (Å²) in [5.74, 6) is 0.717. The number of aryl methyl sites for hydroxylation is 1. The number of halogens is 1. The van der Waals surface area contributed by atoms with Gasteiger partial charge in [0.1, 0.15) is 5.75 Å². The van der Waals surface area contributed by atoms with Crippen LogP contribution in [0.5, 0.6) is 5.75 Å². The fraction of sp³-hybridized carbons (Fsp3) is 0.188. The van der Waals surface area contributed by atoms with E-state index in [9.17, 15) is 4.79 Å². The Morgan fingerprint density at radius 3 is 2.47 bits per heavy atom. The van der Waals surface area contributed by atoms with Gasteiger partial charge in [0.05, 0.1) is 0 Å². The number of para-hydroxylation sites is 1. The van der Waals surface area contributed by atoms with Gasteiger partial charge in [0.2, 0.25) is 0 Å². The summed E-state index contributed by atoms with van der Waals surface area (Å²) in [6.45, 7) is 2.10. The Labute approximate surface area is 118 Å². The van der Waals surface area contributed by atoms with Crippen molar-refractivity contribution < 1.29 is 9.53 Å². The summed E-state index contributed by atoms with van der Waals surface area (Å²) in [4.78, 5) is 12.0. The highest BCUT2D eigenvalue weighted by atomic mass is 35.5. The van der Waals surface area contributed by atoms with Crippen LogP contribution >= 0.6 is 11.6 Å². The van der Waals surface area contributed by atoms with Crippen molar-refractivity contribution in [2.24, 2.45) is 0 Å². The monoisotopic (exact) mass is 274 g/mol. The molecule has 2 rings (SSSR count). The molecular formula is C16H15ClO2. The van der Waals surface area contributed by atoms with E-state index in [4.69, 9.17) is 16.3 Å². The standard InChI is InChI=1S/C16H15ClO2/c1-2-12-5-3-4-6-16(12)19-11-15(18)13-7-9-14(17)10-8-13/h3-10H,2,11H2,1H3. The van der Waals surface area contributed by atoms with Crippen LogP contribution in [0.1, 0.15) is 22.8 Å². The minimum atomic E-state index is -0.0532. The maximum Gasteiger partial charge on any atom is 0.200 e. The van der Waals surface area contributed by atoms with E-state index in [0.29, 0.717) is 10.6 Å². The van der Waals surface area contributed by atoms with Crippen LogP contribution in [0, 0.1) is 0 Å². The second-order valence-corrected chi connectivity index (χ2v) is 4.62. The molecule has 0 radical (unpaired) electrons. The molecule has 0 atom stereocenters. The first kappa shape index (κ1) is 13.6. The van der Waals surface area contributed by atoms with E-state index in [1.165, 1.54) is 0 Å². The molecular weight excluding hydrogens is 260 g/mol. The van der Waals surface area contributed by atoms with Crippen molar-refractivity contribution in [2.45, 2.75) is 13.3 Å². The zero-order chi connectivity index (χ0) is 13.7. The van der Waals surface area contributed by atoms with Gasteiger partial charge >= 0.3 is 0 Å². The molecule has 0 aromatic heterocycles. The first-order valence-corrected chi connectivity index (χ1v) is 6.58. The quantitative estimate of drug-likeness (QED) is 0.765. The highest BCUT2D eigenvalue weighted by molar-refractivity contribution is 6.30. The number of rotatable bonds is 5. The highest BCUT2D eigenvalue weighted by Crippen LogP contribution is 2.18. The lowest BCUT2D eigenvalue weighted by molar-refractivity contribution is 0.0921. The van der Waals surface area contributed by atoms with Crippen LogP contribution in [-0.2, 0) is 6.42 Å². The summed E-state index contributed by atoms with van der Waals surface area (Å²) in [7, 11) is 0. The molecule has 0 amide bonds. The van der Waals surface area contributed by atoms with Crippen molar-refractivity contribution in [1.29, 1.82) is 0 Å². The number of ether oxygens (including phenoxy) is 1. The Kier molecular flexibility index (Phi) is 4.58. The minimum Gasteiger partial charge on any atom is -0.485 e. The number of carbonyl (C=O) groups is 1. The Bertz CT molecular complexity index is 561. The second kappa shape index (κ2) is 6.39. The molecule has 0 unspecified atom stereocenters. The molecule has 0 fully saturated rings. The first-order valence-electron chi connectivity index (χ1n) is 6.20. The van der Waals surface area contributed by atoms with Crippen LogP contribution in [0.4, 0.5) is 0 Å². The Balaban J connectivity index is 2.02. The molecule has 2 nitrogen and oxygen atoms in total. The average molecular weight is 275 g/mol. The van der Waals surface area contributed by atoms with Gasteiger partial charge in [0, 0.05) is 10.6 Å². The second-order valence-electron chi connectivity index (χ2n) is 4.18. The predicted octanol–water partition coefficient (Wildman–Crippen LogP) is 4.16. The van der Waals surface area contributed by atoms with Crippen molar-refractivity contribution in [1.82, 2.24) is 0 Å². The Morgan fingerprint density at radius 2 is 1.79 bits per heavy atom. The Morgan fingerprint density at radius 1 is 1.11 bits per heavy atom. The summed E-state index contributed by atoms with van der Waals surface area (Å²) in [6, 6.07) is 14.6. The third kappa shape index (κ3) is 3.58. The molecule has 0 spiro atoms. The molecule has 19 heavy (non-hydrogen) atoms. The first-order chi connectivity index (χ1) is 9.20. The average Bonchev–Trinajstić information content (AvgIpc) is 2.45. The lowest BCUT2D eigenvalue weighted by Gasteiger charge is -2.09. The maximum atomic E-state index is 12.0. The van der Waals surface area contributed by atoms with Crippen LogP contribution in [0.25, 0.3) is 0 Å². The third-order valence-corrected chi connectivity index (χ3v) is 3.13. The van der Waals surface area contributed by atoms with E-state index in [1.807, 2.05) is 24.3 Å². The van der Waals surface area contributed by atoms with E-state index in [1.54, 1.807) is 24.3 Å². The van der Waals surface area contributed by atoms with Gasteiger partial charge in [-0.15, -0.1) is 0 Å². The number of hydrogen-bond donors (Lipinski definition) is 0. The molecule has 0 bridgehead atoms. The Hall–Kier alpha value is -1.80. The topological polar surface area (TPSA) is 26.3 Å². The molecule has 0 saturated heterocycles.